The van der Waals surface area contributed by atoms with Crippen LogP contribution in [-0.4, -0.2) is 26.8 Å². The molecule has 0 aromatic carbocycles. The van der Waals surface area contributed by atoms with E-state index in [9.17, 15) is 0 Å². The predicted molar refractivity (Wildman–Crippen MR) is 45.8 cm³/mol. The monoisotopic (exact) mass is 244 g/mol. The van der Waals surface area contributed by atoms with Gasteiger partial charge in [0.1, 0.15) is 0 Å². The highest BCUT2D eigenvalue weighted by Crippen LogP contribution is 2.08. The van der Waals surface area contributed by atoms with Gasteiger partial charge in [0.15, 0.2) is 0 Å². The average molecular weight is 244 g/mol. The maximum absolute atomic E-state index is 8.85. The highest BCUT2D eigenvalue weighted by Gasteiger charge is 2.02. The predicted octanol–water partition coefficient (Wildman–Crippen LogP) is 0.943. The number of rotatable bonds is 4. The van der Waals surface area contributed by atoms with Crippen LogP contribution in [0.15, 0.2) is 0 Å². The van der Waals surface area contributed by atoms with Crippen molar-refractivity contribution in [1.82, 2.24) is 0 Å². The maximum Gasteiger partial charge on any atom is 0.0771 e. The molecule has 0 radical (unpaired) electrons. The summed E-state index contributed by atoms with van der Waals surface area (Å²) >= 11 is 2.30. The first-order valence-electron chi connectivity index (χ1n) is 3.09. The van der Waals surface area contributed by atoms with Crippen LogP contribution < -0.4 is 0 Å². The van der Waals surface area contributed by atoms with Gasteiger partial charge < -0.3 is 10.2 Å². The van der Waals surface area contributed by atoms with E-state index in [4.69, 9.17) is 10.2 Å². The van der Waals surface area contributed by atoms with Crippen molar-refractivity contribution >= 4 is 22.6 Å². The first-order valence-corrected chi connectivity index (χ1v) is 4.34. The molecule has 0 aliphatic heterocycles. The van der Waals surface area contributed by atoms with Crippen LogP contribution in [0, 0.1) is 0 Å². The number of halogens is 1. The molecule has 9 heavy (non-hydrogen) atoms. The van der Waals surface area contributed by atoms with Crippen molar-refractivity contribution < 1.29 is 10.2 Å². The van der Waals surface area contributed by atoms with E-state index in [1.165, 1.54) is 0 Å². The molecule has 0 bridgehead atoms. The lowest BCUT2D eigenvalue weighted by Gasteiger charge is -2.06. The normalized spacial score (nSPS) is 17.3. The second-order valence-electron chi connectivity index (χ2n) is 2.19. The van der Waals surface area contributed by atoms with Gasteiger partial charge in [-0.25, -0.2) is 0 Å². The summed E-state index contributed by atoms with van der Waals surface area (Å²) in [4.78, 5) is 0. The lowest BCUT2D eigenvalue weighted by atomic mass is 10.2. The van der Waals surface area contributed by atoms with Crippen LogP contribution in [0.2, 0.25) is 0 Å². The summed E-state index contributed by atoms with van der Waals surface area (Å²) in [6.45, 7) is 1.98. The van der Waals surface area contributed by atoms with Gasteiger partial charge >= 0.3 is 0 Å². The zero-order valence-corrected chi connectivity index (χ0v) is 7.71. The molecular weight excluding hydrogens is 231 g/mol. The van der Waals surface area contributed by atoms with Crippen LogP contribution in [0.1, 0.15) is 19.8 Å². The maximum atomic E-state index is 8.85. The van der Waals surface area contributed by atoms with Crippen molar-refractivity contribution in [3.05, 3.63) is 0 Å². The standard InChI is InChI=1S/C6H13IO2/c1-5(7)2-3-6(9)4-8/h5-6,8-9H,2-4H2,1H3. The van der Waals surface area contributed by atoms with Crippen molar-refractivity contribution in [2.75, 3.05) is 6.61 Å². The lowest BCUT2D eigenvalue weighted by Crippen LogP contribution is -2.12. The fourth-order valence-electron chi connectivity index (χ4n) is 0.513. The minimum absolute atomic E-state index is 0.108. The third-order valence-corrected chi connectivity index (χ3v) is 1.73. The summed E-state index contributed by atoms with van der Waals surface area (Å²) in [5.74, 6) is 0. The molecule has 2 N–H and O–H groups in total. The Morgan fingerprint density at radius 3 is 2.33 bits per heavy atom. The third kappa shape index (κ3) is 6.54. The van der Waals surface area contributed by atoms with E-state index in [2.05, 4.69) is 29.5 Å². The lowest BCUT2D eigenvalue weighted by molar-refractivity contribution is 0.0870. The van der Waals surface area contributed by atoms with Gasteiger partial charge in [-0.15, -0.1) is 0 Å². The van der Waals surface area contributed by atoms with Crippen LogP contribution in [0.5, 0.6) is 0 Å². The Morgan fingerprint density at radius 1 is 1.44 bits per heavy atom. The number of hydrogen-bond donors (Lipinski definition) is 2. The van der Waals surface area contributed by atoms with E-state index in [1.807, 2.05) is 0 Å². The summed E-state index contributed by atoms with van der Waals surface area (Å²) < 4.78 is 0.587. The molecule has 56 valence electrons. The molecule has 0 rings (SSSR count). The van der Waals surface area contributed by atoms with Crippen molar-refractivity contribution in [2.45, 2.75) is 29.8 Å². The zero-order chi connectivity index (χ0) is 7.28. The number of aliphatic hydroxyl groups excluding tert-OH is 2. The Morgan fingerprint density at radius 2 is 2.00 bits per heavy atom. The quantitative estimate of drug-likeness (QED) is 0.570. The van der Waals surface area contributed by atoms with Crippen molar-refractivity contribution in [1.29, 1.82) is 0 Å². The van der Waals surface area contributed by atoms with E-state index in [0.717, 1.165) is 6.42 Å². The molecule has 2 nitrogen and oxygen atoms in total. The number of hydrogen-bond acceptors (Lipinski definition) is 2. The summed E-state index contributed by atoms with van der Waals surface area (Å²) in [6.07, 6.45) is 1.17. The van der Waals surface area contributed by atoms with Gasteiger partial charge in [-0.05, 0) is 12.8 Å². The van der Waals surface area contributed by atoms with Crippen LogP contribution in [0.25, 0.3) is 0 Å². The van der Waals surface area contributed by atoms with Gasteiger partial charge in [0.05, 0.1) is 12.7 Å². The zero-order valence-electron chi connectivity index (χ0n) is 5.55. The van der Waals surface area contributed by atoms with E-state index in [-0.39, 0.29) is 6.61 Å². The van der Waals surface area contributed by atoms with Gasteiger partial charge in [0, 0.05) is 3.92 Å². The van der Waals surface area contributed by atoms with Crippen LogP contribution >= 0.6 is 22.6 Å². The molecule has 0 spiro atoms. The molecule has 0 amide bonds. The fraction of sp³-hybridized carbons (Fsp3) is 1.00. The first kappa shape index (κ1) is 9.65. The summed E-state index contributed by atoms with van der Waals surface area (Å²) in [6, 6.07) is 0. The van der Waals surface area contributed by atoms with E-state index in [1.54, 1.807) is 0 Å². The highest BCUT2D eigenvalue weighted by molar-refractivity contribution is 14.1. The van der Waals surface area contributed by atoms with Gasteiger partial charge in [0.2, 0.25) is 0 Å². The largest absolute Gasteiger partial charge is 0.394 e. The van der Waals surface area contributed by atoms with Crippen LogP contribution in [0.4, 0.5) is 0 Å². The summed E-state index contributed by atoms with van der Waals surface area (Å²) in [7, 11) is 0. The Balaban J connectivity index is 3.06. The smallest absolute Gasteiger partial charge is 0.0771 e. The Bertz CT molecular complexity index is 66.1. The summed E-state index contributed by atoms with van der Waals surface area (Å²) in [5, 5.41) is 17.2. The number of aliphatic hydroxyl groups is 2. The van der Waals surface area contributed by atoms with Gasteiger partial charge in [-0.3, -0.25) is 0 Å². The highest BCUT2D eigenvalue weighted by atomic mass is 127. The average Bonchev–Trinajstić information content (AvgIpc) is 1.83. The Hall–Kier alpha value is 0.650. The van der Waals surface area contributed by atoms with Crippen molar-refractivity contribution in [3.63, 3.8) is 0 Å². The molecule has 0 saturated heterocycles. The van der Waals surface area contributed by atoms with Crippen molar-refractivity contribution in [3.8, 4) is 0 Å². The van der Waals surface area contributed by atoms with E-state index >= 15 is 0 Å². The molecule has 2 unspecified atom stereocenters. The van der Waals surface area contributed by atoms with Gasteiger partial charge in [0.25, 0.3) is 0 Å². The molecule has 2 atom stereocenters. The molecule has 3 heteroatoms. The van der Waals surface area contributed by atoms with E-state index in [0.29, 0.717) is 10.3 Å². The molecular formula is C6H13IO2. The molecule has 0 fully saturated rings. The Labute approximate surface area is 69.4 Å². The SMILES string of the molecule is CC(I)CCC(O)CO. The first-order chi connectivity index (χ1) is 4.16. The molecule has 0 aliphatic carbocycles. The molecule has 0 aromatic heterocycles. The van der Waals surface area contributed by atoms with Gasteiger partial charge in [-0.1, -0.05) is 29.5 Å². The molecule has 0 aliphatic rings. The second-order valence-corrected chi connectivity index (χ2v) is 4.32. The van der Waals surface area contributed by atoms with Gasteiger partial charge in [-0.2, -0.15) is 0 Å². The molecule has 0 heterocycles. The van der Waals surface area contributed by atoms with E-state index < -0.39 is 6.10 Å². The third-order valence-electron chi connectivity index (χ3n) is 1.11. The Kier molecular flexibility index (Phi) is 5.83. The van der Waals surface area contributed by atoms with Crippen LogP contribution in [0.3, 0.4) is 0 Å². The second kappa shape index (κ2) is 5.44. The summed E-state index contributed by atoms with van der Waals surface area (Å²) in [5.41, 5.74) is 0. The molecule has 0 aromatic rings. The topological polar surface area (TPSA) is 40.5 Å². The number of alkyl halides is 1. The molecule has 0 saturated carbocycles. The minimum atomic E-state index is -0.512. The fourth-order valence-corrected chi connectivity index (χ4v) is 0.873. The minimum Gasteiger partial charge on any atom is -0.394 e. The van der Waals surface area contributed by atoms with Crippen molar-refractivity contribution in [2.24, 2.45) is 0 Å². The van der Waals surface area contributed by atoms with Crippen LogP contribution in [-0.2, 0) is 0 Å².